The molecule has 136 valence electrons. The summed E-state index contributed by atoms with van der Waals surface area (Å²) in [7, 11) is 0. The largest absolute Gasteiger partial charge is 0.459 e. The molecule has 0 atom stereocenters. The molecule has 0 saturated heterocycles. The second-order valence-electron chi connectivity index (χ2n) is 6.91. The van der Waals surface area contributed by atoms with Crippen LogP contribution in [0.5, 0.6) is 0 Å². The van der Waals surface area contributed by atoms with Gasteiger partial charge in [0.25, 0.3) is 0 Å². The van der Waals surface area contributed by atoms with E-state index in [2.05, 4.69) is 9.71 Å². The molecule has 0 amide bonds. The summed E-state index contributed by atoms with van der Waals surface area (Å²) in [6, 6.07) is 11.5. The number of hydrogen-bond donors (Lipinski definition) is 1. The van der Waals surface area contributed by atoms with Gasteiger partial charge in [-0.15, -0.1) is 0 Å². The van der Waals surface area contributed by atoms with Gasteiger partial charge in [0.2, 0.25) is 0 Å². The van der Waals surface area contributed by atoms with Crippen molar-refractivity contribution in [3.05, 3.63) is 53.2 Å². The van der Waals surface area contributed by atoms with Crippen LogP contribution in [0.25, 0.3) is 22.0 Å². The van der Waals surface area contributed by atoms with Gasteiger partial charge in [-0.1, -0.05) is 11.6 Å². The molecule has 0 unspecified atom stereocenters. The molecule has 27 heavy (non-hydrogen) atoms. The number of fused-ring (bicyclic) bond motifs is 5. The van der Waals surface area contributed by atoms with Crippen LogP contribution in [0.1, 0.15) is 36.0 Å². The van der Waals surface area contributed by atoms with Crippen LogP contribution in [0, 0.1) is 0 Å². The van der Waals surface area contributed by atoms with Crippen LogP contribution in [0.4, 0.5) is 5.69 Å². The summed E-state index contributed by atoms with van der Waals surface area (Å²) in [4.78, 5) is 18.1. The number of carbonyl (C=O) groups excluding carboxylic acids is 1. The minimum absolute atomic E-state index is 0.0550. The zero-order valence-electron chi connectivity index (χ0n) is 14.5. The number of pyridine rings is 1. The van der Waals surface area contributed by atoms with Gasteiger partial charge < -0.3 is 9.46 Å². The van der Waals surface area contributed by atoms with Gasteiger partial charge in [-0.25, -0.2) is 4.79 Å². The van der Waals surface area contributed by atoms with E-state index in [0.717, 1.165) is 58.3 Å². The van der Waals surface area contributed by atoms with Crippen molar-refractivity contribution < 1.29 is 9.53 Å². The topological polar surface area (TPSA) is 51.2 Å². The Bertz CT molecular complexity index is 1060. The number of nitrogens with one attached hydrogen (secondary N) is 1. The highest BCUT2D eigenvalue weighted by molar-refractivity contribution is 8.00. The van der Waals surface area contributed by atoms with E-state index in [1.807, 2.05) is 36.4 Å². The summed E-state index contributed by atoms with van der Waals surface area (Å²) in [5, 5.41) is 1.56. The summed E-state index contributed by atoms with van der Waals surface area (Å²) >= 11 is 8.03. The van der Waals surface area contributed by atoms with Gasteiger partial charge in [-0.05, 0) is 74.0 Å². The second kappa shape index (κ2) is 6.73. The highest BCUT2D eigenvalue weighted by atomic mass is 35.5. The van der Waals surface area contributed by atoms with Gasteiger partial charge in [0.15, 0.2) is 0 Å². The van der Waals surface area contributed by atoms with Crippen molar-refractivity contribution in [2.45, 2.75) is 36.7 Å². The molecule has 1 N–H and O–H groups in total. The lowest BCUT2D eigenvalue weighted by atomic mass is 9.99. The Morgan fingerprint density at radius 1 is 1.19 bits per heavy atom. The third-order valence-corrected chi connectivity index (χ3v) is 6.38. The van der Waals surface area contributed by atoms with Crippen molar-refractivity contribution in [1.82, 2.24) is 4.98 Å². The summed E-state index contributed by atoms with van der Waals surface area (Å²) < 4.78 is 9.05. The van der Waals surface area contributed by atoms with Crippen molar-refractivity contribution in [3.8, 4) is 11.1 Å². The van der Waals surface area contributed by atoms with Crippen molar-refractivity contribution in [2.24, 2.45) is 0 Å². The van der Waals surface area contributed by atoms with Gasteiger partial charge in [0.05, 0.1) is 21.8 Å². The fourth-order valence-electron chi connectivity index (χ4n) is 3.81. The van der Waals surface area contributed by atoms with E-state index < -0.39 is 0 Å². The van der Waals surface area contributed by atoms with Crippen molar-refractivity contribution >= 4 is 46.1 Å². The molecule has 6 heteroatoms. The van der Waals surface area contributed by atoms with E-state index >= 15 is 0 Å². The number of rotatable bonds is 2. The van der Waals surface area contributed by atoms with Crippen LogP contribution in [0.2, 0.25) is 5.02 Å². The molecule has 1 fully saturated rings. The molecule has 2 aromatic carbocycles. The number of hydrogen-bond acceptors (Lipinski definition) is 5. The normalized spacial score (nSPS) is 15.9. The van der Waals surface area contributed by atoms with E-state index in [0.29, 0.717) is 10.6 Å². The number of esters is 1. The van der Waals surface area contributed by atoms with E-state index in [-0.39, 0.29) is 12.1 Å². The molecule has 5 rings (SSSR count). The predicted octanol–water partition coefficient (Wildman–Crippen LogP) is 6.09. The number of benzene rings is 2. The average molecular weight is 397 g/mol. The Balaban J connectivity index is 1.58. The van der Waals surface area contributed by atoms with E-state index in [9.17, 15) is 4.79 Å². The molecule has 4 nitrogen and oxygen atoms in total. The van der Waals surface area contributed by atoms with Crippen LogP contribution in [0.15, 0.2) is 47.5 Å². The molecule has 1 saturated carbocycles. The fourth-order valence-corrected chi connectivity index (χ4v) is 4.90. The maximum absolute atomic E-state index is 12.6. The Morgan fingerprint density at radius 2 is 2.04 bits per heavy atom. The minimum Gasteiger partial charge on any atom is -0.459 e. The molecule has 1 aliphatic carbocycles. The lowest BCUT2D eigenvalue weighted by Crippen LogP contribution is -2.15. The first kappa shape index (κ1) is 16.9. The number of anilines is 1. The zero-order chi connectivity index (χ0) is 18.4. The quantitative estimate of drug-likeness (QED) is 0.419. The van der Waals surface area contributed by atoms with Crippen LogP contribution in [0.3, 0.4) is 0 Å². The summed E-state index contributed by atoms with van der Waals surface area (Å²) in [5.41, 5.74) is 4.26. The van der Waals surface area contributed by atoms with Gasteiger partial charge in [0.1, 0.15) is 6.10 Å². The molecular formula is C21H17ClN2O2S. The SMILES string of the molecule is O=C(OC1CCCC1)c1ccc2c(c1)-c1cc(Cl)c3cccnc3c1NS2. The average Bonchev–Trinajstić information content (AvgIpc) is 3.21. The zero-order valence-corrected chi connectivity index (χ0v) is 16.1. The number of halogens is 1. The molecule has 0 spiro atoms. The Kier molecular flexibility index (Phi) is 4.21. The summed E-state index contributed by atoms with van der Waals surface area (Å²) in [5.74, 6) is -0.250. The summed E-state index contributed by atoms with van der Waals surface area (Å²) in [6.07, 6.45) is 6.02. The van der Waals surface area contributed by atoms with Gasteiger partial charge in [0, 0.05) is 27.6 Å². The standard InChI is InChI=1S/C21H17ClN2O2S/c22-17-11-16-15-10-12(21(25)26-13-4-1-2-5-13)7-8-18(15)27-24-20(16)19-14(17)6-3-9-23-19/h3,6-11,13,24H,1-2,4-5H2. The maximum Gasteiger partial charge on any atom is 0.338 e. The molecular weight excluding hydrogens is 380 g/mol. The number of aromatic nitrogens is 1. The monoisotopic (exact) mass is 396 g/mol. The smallest absolute Gasteiger partial charge is 0.338 e. The Labute approximate surface area is 166 Å². The first-order chi connectivity index (χ1) is 13.2. The van der Waals surface area contributed by atoms with Crippen LogP contribution < -0.4 is 4.72 Å². The van der Waals surface area contributed by atoms with Gasteiger partial charge in [-0.3, -0.25) is 4.98 Å². The van der Waals surface area contributed by atoms with Crippen LogP contribution in [-0.4, -0.2) is 17.1 Å². The van der Waals surface area contributed by atoms with Crippen LogP contribution in [-0.2, 0) is 4.74 Å². The number of ether oxygens (including phenoxy) is 1. The third kappa shape index (κ3) is 2.95. The van der Waals surface area contributed by atoms with Gasteiger partial charge >= 0.3 is 5.97 Å². The van der Waals surface area contributed by atoms with Crippen LogP contribution >= 0.6 is 23.5 Å². The maximum atomic E-state index is 12.6. The lowest BCUT2D eigenvalue weighted by molar-refractivity contribution is 0.0318. The van der Waals surface area contributed by atoms with Gasteiger partial charge in [-0.2, -0.15) is 0 Å². The highest BCUT2D eigenvalue weighted by Gasteiger charge is 2.24. The lowest BCUT2D eigenvalue weighted by Gasteiger charge is -2.23. The fraction of sp³-hybridized carbons (Fsp3) is 0.238. The first-order valence-corrected chi connectivity index (χ1v) is 10.3. The first-order valence-electron chi connectivity index (χ1n) is 9.06. The van der Waals surface area contributed by atoms with Crippen molar-refractivity contribution in [3.63, 3.8) is 0 Å². The minimum atomic E-state index is -0.250. The Hall–Kier alpha value is -2.24. The van der Waals surface area contributed by atoms with E-state index in [1.165, 1.54) is 11.9 Å². The highest BCUT2D eigenvalue weighted by Crippen LogP contribution is 2.47. The molecule has 2 aliphatic rings. The molecule has 3 aromatic rings. The second-order valence-corrected chi connectivity index (χ2v) is 8.16. The van der Waals surface area contributed by atoms with Crippen molar-refractivity contribution in [2.75, 3.05) is 4.72 Å². The van der Waals surface area contributed by atoms with E-state index in [1.54, 1.807) is 6.20 Å². The van der Waals surface area contributed by atoms with E-state index in [4.69, 9.17) is 16.3 Å². The molecule has 0 bridgehead atoms. The molecule has 2 heterocycles. The Morgan fingerprint density at radius 3 is 2.89 bits per heavy atom. The molecule has 1 aliphatic heterocycles. The van der Waals surface area contributed by atoms with Crippen molar-refractivity contribution in [1.29, 1.82) is 0 Å². The summed E-state index contributed by atoms with van der Waals surface area (Å²) in [6.45, 7) is 0. The molecule has 1 aromatic heterocycles. The predicted molar refractivity (Wildman–Crippen MR) is 109 cm³/mol. The number of carbonyl (C=O) groups is 1. The third-order valence-electron chi connectivity index (χ3n) is 5.19. The molecule has 0 radical (unpaired) electrons. The number of nitrogens with zero attached hydrogens (tertiary/aromatic N) is 1.